The SMILES string of the molecule is O=C(C1CN(CCc2c[nH]c3ccccc23)CCN1C(=O)c1ccc(F)c(F)c1)N1CCOCC1. The summed E-state index contributed by atoms with van der Waals surface area (Å²) in [7, 11) is 0. The Morgan fingerprint density at radius 3 is 2.60 bits per heavy atom. The monoisotopic (exact) mass is 482 g/mol. The third-order valence-corrected chi connectivity index (χ3v) is 6.87. The number of amides is 2. The molecular formula is C26H28F2N4O3. The van der Waals surface area contributed by atoms with E-state index in [1.54, 1.807) is 4.90 Å². The summed E-state index contributed by atoms with van der Waals surface area (Å²) in [5, 5.41) is 1.18. The summed E-state index contributed by atoms with van der Waals surface area (Å²) in [4.78, 5) is 35.5. The van der Waals surface area contributed by atoms with Crippen molar-refractivity contribution in [3.05, 3.63) is 71.4 Å². The molecule has 9 heteroatoms. The van der Waals surface area contributed by atoms with Crippen LogP contribution in [-0.4, -0.2) is 90.0 Å². The number of rotatable bonds is 5. The molecule has 0 saturated carbocycles. The largest absolute Gasteiger partial charge is 0.378 e. The maximum absolute atomic E-state index is 13.8. The molecule has 1 N–H and O–H groups in total. The molecule has 2 amide bonds. The molecule has 2 aliphatic heterocycles. The Balaban J connectivity index is 1.33. The molecular weight excluding hydrogens is 454 g/mol. The number of morpholine rings is 1. The van der Waals surface area contributed by atoms with Crippen LogP contribution in [-0.2, 0) is 16.0 Å². The molecule has 184 valence electrons. The lowest BCUT2D eigenvalue weighted by Crippen LogP contribution is -2.62. The summed E-state index contributed by atoms with van der Waals surface area (Å²) in [5.41, 5.74) is 2.33. The summed E-state index contributed by atoms with van der Waals surface area (Å²) < 4.78 is 32.6. The average Bonchev–Trinajstić information content (AvgIpc) is 3.31. The van der Waals surface area contributed by atoms with Gasteiger partial charge in [0.2, 0.25) is 5.91 Å². The fourth-order valence-electron chi connectivity index (χ4n) is 4.90. The van der Waals surface area contributed by atoms with Crippen molar-refractivity contribution in [1.82, 2.24) is 19.7 Å². The number of nitrogens with one attached hydrogen (secondary N) is 1. The molecule has 1 aromatic heterocycles. The minimum absolute atomic E-state index is 0.0379. The highest BCUT2D eigenvalue weighted by Gasteiger charge is 2.38. The van der Waals surface area contributed by atoms with Crippen molar-refractivity contribution in [3.8, 4) is 0 Å². The first-order valence-electron chi connectivity index (χ1n) is 11.9. The number of fused-ring (bicyclic) bond motifs is 1. The maximum atomic E-state index is 13.8. The maximum Gasteiger partial charge on any atom is 0.254 e. The molecule has 2 aliphatic rings. The first kappa shape index (κ1) is 23.4. The smallest absolute Gasteiger partial charge is 0.254 e. The van der Waals surface area contributed by atoms with Gasteiger partial charge in [0, 0.05) is 61.9 Å². The van der Waals surface area contributed by atoms with Crippen molar-refractivity contribution in [2.45, 2.75) is 12.5 Å². The Hall–Kier alpha value is -3.30. The molecule has 1 atom stereocenters. The van der Waals surface area contributed by atoms with Crippen molar-refractivity contribution in [3.63, 3.8) is 0 Å². The van der Waals surface area contributed by atoms with E-state index in [4.69, 9.17) is 4.74 Å². The van der Waals surface area contributed by atoms with Crippen LogP contribution in [0.1, 0.15) is 15.9 Å². The first-order valence-corrected chi connectivity index (χ1v) is 11.9. The van der Waals surface area contributed by atoms with Gasteiger partial charge < -0.3 is 19.5 Å². The topological polar surface area (TPSA) is 68.9 Å². The normalized spacial score (nSPS) is 19.3. The Labute approximate surface area is 202 Å². The molecule has 0 bridgehead atoms. The molecule has 2 saturated heterocycles. The van der Waals surface area contributed by atoms with Gasteiger partial charge >= 0.3 is 0 Å². The second kappa shape index (κ2) is 10.1. The highest BCUT2D eigenvalue weighted by atomic mass is 19.2. The van der Waals surface area contributed by atoms with E-state index in [0.717, 1.165) is 30.6 Å². The molecule has 0 aliphatic carbocycles. The van der Waals surface area contributed by atoms with Crippen molar-refractivity contribution >= 4 is 22.7 Å². The number of halogens is 2. The van der Waals surface area contributed by atoms with Crippen molar-refractivity contribution in [2.75, 3.05) is 52.5 Å². The van der Waals surface area contributed by atoms with Crippen LogP contribution in [0.2, 0.25) is 0 Å². The predicted molar refractivity (Wildman–Crippen MR) is 127 cm³/mol. The third kappa shape index (κ3) is 4.92. The van der Waals surface area contributed by atoms with E-state index in [2.05, 4.69) is 16.0 Å². The van der Waals surface area contributed by atoms with Crippen LogP contribution >= 0.6 is 0 Å². The van der Waals surface area contributed by atoms with E-state index in [9.17, 15) is 18.4 Å². The van der Waals surface area contributed by atoms with Crippen molar-refractivity contribution in [2.24, 2.45) is 0 Å². The summed E-state index contributed by atoms with van der Waals surface area (Å²) in [6.07, 6.45) is 2.82. The Morgan fingerprint density at radius 1 is 1.00 bits per heavy atom. The number of H-pyrrole nitrogens is 1. The fraction of sp³-hybridized carbons (Fsp3) is 0.385. The van der Waals surface area contributed by atoms with Crippen LogP contribution in [0.25, 0.3) is 10.9 Å². The number of benzene rings is 2. The van der Waals surface area contributed by atoms with E-state index < -0.39 is 23.6 Å². The van der Waals surface area contributed by atoms with Crippen molar-refractivity contribution in [1.29, 1.82) is 0 Å². The molecule has 1 unspecified atom stereocenters. The lowest BCUT2D eigenvalue weighted by molar-refractivity contribution is -0.142. The second-order valence-corrected chi connectivity index (χ2v) is 8.99. The number of piperazine rings is 1. The van der Waals surface area contributed by atoms with E-state index in [1.165, 1.54) is 21.9 Å². The van der Waals surface area contributed by atoms with Gasteiger partial charge in [-0.15, -0.1) is 0 Å². The molecule has 0 spiro atoms. The molecule has 35 heavy (non-hydrogen) atoms. The number of para-hydroxylation sites is 1. The number of hydrogen-bond acceptors (Lipinski definition) is 4. The first-order chi connectivity index (χ1) is 17.0. The fourth-order valence-corrected chi connectivity index (χ4v) is 4.90. The van der Waals surface area contributed by atoms with Gasteiger partial charge in [-0.25, -0.2) is 8.78 Å². The van der Waals surface area contributed by atoms with Crippen LogP contribution in [0.3, 0.4) is 0 Å². The van der Waals surface area contributed by atoms with Gasteiger partial charge in [-0.1, -0.05) is 18.2 Å². The number of aromatic nitrogens is 1. The molecule has 5 rings (SSSR count). The summed E-state index contributed by atoms with van der Waals surface area (Å²) in [6, 6.07) is 10.5. The lowest BCUT2D eigenvalue weighted by Gasteiger charge is -2.43. The highest BCUT2D eigenvalue weighted by molar-refractivity contribution is 5.98. The lowest BCUT2D eigenvalue weighted by atomic mass is 10.1. The number of ether oxygens (including phenoxy) is 1. The van der Waals surface area contributed by atoms with E-state index in [-0.39, 0.29) is 11.5 Å². The molecule has 0 radical (unpaired) electrons. The minimum atomic E-state index is -1.08. The van der Waals surface area contributed by atoms with Crippen LogP contribution in [0.15, 0.2) is 48.7 Å². The number of carbonyl (C=O) groups excluding carboxylic acids is 2. The zero-order valence-electron chi connectivity index (χ0n) is 19.4. The summed E-state index contributed by atoms with van der Waals surface area (Å²) >= 11 is 0. The van der Waals surface area contributed by atoms with Gasteiger partial charge in [-0.05, 0) is 36.2 Å². The van der Waals surface area contributed by atoms with Gasteiger partial charge in [0.1, 0.15) is 6.04 Å². The third-order valence-electron chi connectivity index (χ3n) is 6.87. The van der Waals surface area contributed by atoms with E-state index >= 15 is 0 Å². The van der Waals surface area contributed by atoms with Crippen LogP contribution < -0.4 is 0 Å². The number of carbonyl (C=O) groups is 2. The standard InChI is InChI=1S/C26H28F2N4O3/c27-21-6-5-18(15-22(21)28)25(33)32-10-9-30(17-24(32)26(34)31-11-13-35-14-12-31)8-7-19-16-29-23-4-2-1-3-20(19)23/h1-6,15-16,24,29H,7-14,17H2. The van der Waals surface area contributed by atoms with Gasteiger partial charge in [0.05, 0.1) is 13.2 Å². The Kier molecular flexibility index (Phi) is 6.79. The predicted octanol–water partition coefficient (Wildman–Crippen LogP) is 2.67. The number of nitrogens with zero attached hydrogens (tertiary/aromatic N) is 3. The summed E-state index contributed by atoms with van der Waals surface area (Å²) in [5.74, 6) is -2.69. The summed E-state index contributed by atoms with van der Waals surface area (Å²) in [6.45, 7) is 3.89. The van der Waals surface area contributed by atoms with Crippen LogP contribution in [0, 0.1) is 11.6 Å². The Bertz CT molecular complexity index is 1220. The zero-order valence-corrected chi connectivity index (χ0v) is 19.4. The van der Waals surface area contributed by atoms with Crippen molar-refractivity contribution < 1.29 is 23.1 Å². The van der Waals surface area contributed by atoms with Gasteiger partial charge in [0.15, 0.2) is 11.6 Å². The number of hydrogen-bond donors (Lipinski definition) is 1. The molecule has 2 fully saturated rings. The van der Waals surface area contributed by atoms with E-state index in [1.807, 2.05) is 24.4 Å². The minimum Gasteiger partial charge on any atom is -0.378 e. The molecule has 3 heterocycles. The molecule has 2 aromatic carbocycles. The van der Waals surface area contributed by atoms with E-state index in [0.29, 0.717) is 45.9 Å². The average molecular weight is 483 g/mol. The highest BCUT2D eigenvalue weighted by Crippen LogP contribution is 2.21. The van der Waals surface area contributed by atoms with Crippen LogP contribution in [0.4, 0.5) is 8.78 Å². The second-order valence-electron chi connectivity index (χ2n) is 8.99. The number of aromatic amines is 1. The Morgan fingerprint density at radius 2 is 1.80 bits per heavy atom. The van der Waals surface area contributed by atoms with Gasteiger partial charge in [-0.3, -0.25) is 14.5 Å². The van der Waals surface area contributed by atoms with Crippen LogP contribution in [0.5, 0.6) is 0 Å². The zero-order chi connectivity index (χ0) is 24.4. The van der Waals surface area contributed by atoms with Gasteiger partial charge in [-0.2, -0.15) is 0 Å². The molecule has 7 nitrogen and oxygen atoms in total. The molecule has 3 aromatic rings. The van der Waals surface area contributed by atoms with Gasteiger partial charge in [0.25, 0.3) is 5.91 Å². The quantitative estimate of drug-likeness (QED) is 0.607.